The lowest BCUT2D eigenvalue weighted by Crippen LogP contribution is -2.53. The quantitative estimate of drug-likeness (QED) is 0.780. The van der Waals surface area contributed by atoms with Crippen LogP contribution in [0.4, 0.5) is 9.59 Å². The number of imide groups is 1. The van der Waals surface area contributed by atoms with E-state index in [1.807, 2.05) is 6.92 Å². The minimum atomic E-state index is -1.19. The average molecular weight is 291 g/mol. The number of urea groups is 2. The lowest BCUT2D eigenvalue weighted by Gasteiger charge is -2.27. The van der Waals surface area contributed by atoms with E-state index in [0.717, 1.165) is 10.5 Å². The molecule has 4 amide bonds. The fourth-order valence-electron chi connectivity index (χ4n) is 2.07. The Labute approximate surface area is 121 Å². The molecule has 0 aromatic heterocycles. The van der Waals surface area contributed by atoms with E-state index in [-0.39, 0.29) is 6.54 Å². The van der Waals surface area contributed by atoms with Crippen molar-refractivity contribution >= 4 is 18.0 Å². The van der Waals surface area contributed by atoms with Crippen molar-refractivity contribution in [3.8, 4) is 0 Å². The monoisotopic (exact) mass is 291 g/mol. The van der Waals surface area contributed by atoms with Crippen LogP contribution in [0.5, 0.6) is 0 Å². The second-order valence-electron chi connectivity index (χ2n) is 4.87. The number of amides is 4. The Morgan fingerprint density at radius 3 is 2.57 bits per heavy atom. The molecule has 3 N–H and O–H groups in total. The highest BCUT2D eigenvalue weighted by molar-refractivity contribution is 5.95. The molecule has 7 nitrogen and oxygen atoms in total. The summed E-state index contributed by atoms with van der Waals surface area (Å²) in [6.45, 7) is 2.68. The highest BCUT2D eigenvalue weighted by Crippen LogP contribution is 2.15. The zero-order chi connectivity index (χ0) is 15.4. The summed E-state index contributed by atoms with van der Waals surface area (Å²) in [4.78, 5) is 36.0. The Kier molecular flexibility index (Phi) is 4.42. The summed E-state index contributed by atoms with van der Waals surface area (Å²) in [5.74, 6) is -1.18. The number of nitrogens with zero attached hydrogens (tertiary/aromatic N) is 1. The lowest BCUT2D eigenvalue weighted by molar-refractivity contribution is -0.139. The van der Waals surface area contributed by atoms with Crippen molar-refractivity contribution < 1.29 is 19.5 Å². The molecule has 1 atom stereocenters. The van der Waals surface area contributed by atoms with Gasteiger partial charge in [0.1, 0.15) is 0 Å². The van der Waals surface area contributed by atoms with E-state index in [1.165, 1.54) is 0 Å². The number of carboxylic acid groups (broad SMARTS) is 1. The molecule has 112 valence electrons. The Morgan fingerprint density at radius 2 is 2.00 bits per heavy atom. The molecule has 0 radical (unpaired) electrons. The molecule has 1 aromatic carbocycles. The van der Waals surface area contributed by atoms with E-state index in [9.17, 15) is 19.5 Å². The summed E-state index contributed by atoms with van der Waals surface area (Å²) in [6, 6.07) is 4.42. The fourth-order valence-corrected chi connectivity index (χ4v) is 2.07. The zero-order valence-electron chi connectivity index (χ0n) is 11.6. The summed E-state index contributed by atoms with van der Waals surface area (Å²) in [5, 5.41) is 14.2. The fraction of sp³-hybridized carbons (Fsp3) is 0.357. The third-order valence-corrected chi connectivity index (χ3v) is 3.25. The number of aryl methyl sites for hydroxylation is 1. The molecule has 1 aromatic rings. The van der Waals surface area contributed by atoms with Crippen LogP contribution >= 0.6 is 0 Å². The van der Waals surface area contributed by atoms with Gasteiger partial charge in [-0.05, 0) is 18.9 Å². The van der Waals surface area contributed by atoms with Crippen molar-refractivity contribution in [3.05, 3.63) is 35.4 Å². The number of hydrogen-bond acceptors (Lipinski definition) is 3. The summed E-state index contributed by atoms with van der Waals surface area (Å²) >= 11 is 0. The molecule has 21 heavy (non-hydrogen) atoms. The second-order valence-corrected chi connectivity index (χ2v) is 4.87. The highest BCUT2D eigenvalue weighted by Gasteiger charge is 2.29. The summed E-state index contributed by atoms with van der Waals surface area (Å²) in [6.07, 6.45) is 0.640. The molecule has 0 saturated carbocycles. The lowest BCUT2D eigenvalue weighted by atomic mass is 10.1. The van der Waals surface area contributed by atoms with Crippen molar-refractivity contribution in [2.45, 2.75) is 19.4 Å². The van der Waals surface area contributed by atoms with E-state index in [1.54, 1.807) is 24.3 Å². The molecule has 2 rings (SSSR count). The summed E-state index contributed by atoms with van der Waals surface area (Å²) in [5.41, 5.74) is 1.45. The van der Waals surface area contributed by atoms with E-state index in [4.69, 9.17) is 0 Å². The largest absolute Gasteiger partial charge is 0.479 e. The smallest absolute Gasteiger partial charge is 0.330 e. The van der Waals surface area contributed by atoms with Gasteiger partial charge in [-0.15, -0.1) is 0 Å². The van der Waals surface area contributed by atoms with Gasteiger partial charge >= 0.3 is 18.0 Å². The second kappa shape index (κ2) is 6.25. The first-order chi connectivity index (χ1) is 9.99. The van der Waals surface area contributed by atoms with Crippen molar-refractivity contribution in [2.24, 2.45) is 0 Å². The number of hydrogen-bond donors (Lipinski definition) is 3. The Morgan fingerprint density at radius 1 is 1.33 bits per heavy atom. The van der Waals surface area contributed by atoms with Gasteiger partial charge in [0.25, 0.3) is 0 Å². The van der Waals surface area contributed by atoms with Crippen molar-refractivity contribution in [3.63, 3.8) is 0 Å². The van der Waals surface area contributed by atoms with Crippen LogP contribution in [0.15, 0.2) is 24.3 Å². The van der Waals surface area contributed by atoms with E-state index >= 15 is 0 Å². The molecule has 1 aliphatic heterocycles. The predicted molar refractivity (Wildman–Crippen MR) is 74.8 cm³/mol. The minimum Gasteiger partial charge on any atom is -0.479 e. The maximum absolute atomic E-state index is 12.1. The molecular formula is C14H17N3O4. The van der Waals surface area contributed by atoms with Crippen LogP contribution in [0.25, 0.3) is 0 Å². The normalized spacial score (nSPS) is 16.0. The number of carbonyl (C=O) groups is 3. The standard InChI is InChI=1S/C14H17N3O4/c1-9-3-5-10(6-4-9)11(12(18)19)16-14(21)17-8-2-7-15-13(17)20/h3-6,11H,2,7-8H2,1H3,(H,15,20)(H,16,21)(H,18,19). The van der Waals surface area contributed by atoms with Crippen LogP contribution in [0.1, 0.15) is 23.6 Å². The molecule has 1 saturated heterocycles. The molecule has 1 fully saturated rings. The van der Waals surface area contributed by atoms with Crippen molar-refractivity contribution in [1.29, 1.82) is 0 Å². The van der Waals surface area contributed by atoms with Gasteiger partial charge in [0.15, 0.2) is 6.04 Å². The molecule has 0 bridgehead atoms. The van der Waals surface area contributed by atoms with E-state index < -0.39 is 24.1 Å². The van der Waals surface area contributed by atoms with Crippen molar-refractivity contribution in [2.75, 3.05) is 13.1 Å². The predicted octanol–water partition coefficient (Wildman–Crippen LogP) is 1.25. The van der Waals surface area contributed by atoms with Gasteiger partial charge in [-0.2, -0.15) is 0 Å². The molecule has 0 spiro atoms. The van der Waals surface area contributed by atoms with Gasteiger partial charge < -0.3 is 15.7 Å². The molecule has 1 heterocycles. The van der Waals surface area contributed by atoms with E-state index in [2.05, 4.69) is 10.6 Å². The molecule has 7 heteroatoms. The maximum Gasteiger partial charge on any atom is 0.330 e. The van der Waals surface area contributed by atoms with Gasteiger partial charge in [0.05, 0.1) is 0 Å². The minimum absolute atomic E-state index is 0.276. The van der Waals surface area contributed by atoms with Crippen LogP contribution < -0.4 is 10.6 Å². The Hall–Kier alpha value is -2.57. The van der Waals surface area contributed by atoms with Gasteiger partial charge in [-0.3, -0.25) is 0 Å². The van der Waals surface area contributed by atoms with Crippen LogP contribution in [0, 0.1) is 6.92 Å². The highest BCUT2D eigenvalue weighted by atomic mass is 16.4. The molecule has 1 unspecified atom stereocenters. The van der Waals surface area contributed by atoms with E-state index in [0.29, 0.717) is 18.5 Å². The van der Waals surface area contributed by atoms with Crippen LogP contribution in [0.2, 0.25) is 0 Å². The number of aliphatic carboxylic acids is 1. The maximum atomic E-state index is 12.1. The number of benzene rings is 1. The van der Waals surface area contributed by atoms with Crippen LogP contribution in [-0.2, 0) is 4.79 Å². The molecular weight excluding hydrogens is 274 g/mol. The van der Waals surface area contributed by atoms with Gasteiger partial charge in [-0.25, -0.2) is 19.3 Å². The topological polar surface area (TPSA) is 98.7 Å². The Bertz CT molecular complexity index is 556. The molecule has 1 aliphatic rings. The van der Waals surface area contributed by atoms with Crippen LogP contribution in [0.3, 0.4) is 0 Å². The average Bonchev–Trinajstić information content (AvgIpc) is 2.46. The number of rotatable bonds is 3. The third-order valence-electron chi connectivity index (χ3n) is 3.25. The third kappa shape index (κ3) is 3.50. The van der Waals surface area contributed by atoms with Gasteiger partial charge in [0.2, 0.25) is 0 Å². The first-order valence-electron chi connectivity index (χ1n) is 6.64. The number of carboxylic acids is 1. The first-order valence-corrected chi connectivity index (χ1v) is 6.64. The van der Waals surface area contributed by atoms with Crippen LogP contribution in [-0.4, -0.2) is 41.1 Å². The number of carbonyl (C=O) groups excluding carboxylic acids is 2. The number of nitrogens with one attached hydrogen (secondary N) is 2. The summed E-state index contributed by atoms with van der Waals surface area (Å²) < 4.78 is 0. The molecule has 0 aliphatic carbocycles. The van der Waals surface area contributed by atoms with Crippen molar-refractivity contribution in [1.82, 2.24) is 15.5 Å². The summed E-state index contributed by atoms with van der Waals surface area (Å²) in [7, 11) is 0. The van der Waals surface area contributed by atoms with Gasteiger partial charge in [-0.1, -0.05) is 29.8 Å². The first kappa shape index (κ1) is 14.8. The SMILES string of the molecule is Cc1ccc(C(NC(=O)N2CCCNC2=O)C(=O)O)cc1. The zero-order valence-corrected chi connectivity index (χ0v) is 11.6. The Balaban J connectivity index is 2.12. The van der Waals surface area contributed by atoms with Gasteiger partial charge in [0, 0.05) is 13.1 Å².